The van der Waals surface area contributed by atoms with Crippen molar-refractivity contribution in [2.75, 3.05) is 5.75 Å². The summed E-state index contributed by atoms with van der Waals surface area (Å²) < 4.78 is 22.9. The Hall–Kier alpha value is -1.01. The van der Waals surface area contributed by atoms with E-state index in [1.807, 2.05) is 0 Å². The molecule has 1 aliphatic heterocycles. The van der Waals surface area contributed by atoms with Crippen molar-refractivity contribution < 1.29 is 8.42 Å². The van der Waals surface area contributed by atoms with Crippen LogP contribution < -0.4 is 5.73 Å². The van der Waals surface area contributed by atoms with E-state index < -0.39 is 9.84 Å². The number of nitrogens with two attached hydrogens (primary N) is 1. The van der Waals surface area contributed by atoms with Gasteiger partial charge >= 0.3 is 0 Å². The maximum atomic E-state index is 11.4. The van der Waals surface area contributed by atoms with Crippen molar-refractivity contribution in [1.29, 1.82) is 0 Å². The van der Waals surface area contributed by atoms with E-state index in [0.717, 1.165) is 17.0 Å². The van der Waals surface area contributed by atoms with Crippen LogP contribution in [-0.2, 0) is 28.6 Å². The van der Waals surface area contributed by atoms with Gasteiger partial charge in [0.1, 0.15) is 5.82 Å². The standard InChI is InChI=1S/C9H13N3O2S/c1-6-7-5-15(13,14)3-2-8(7)12-9(4-10)11-6/h2-5,10H2,1H3. The molecule has 1 aliphatic rings. The highest BCUT2D eigenvalue weighted by Crippen LogP contribution is 2.21. The fourth-order valence-corrected chi connectivity index (χ4v) is 3.21. The summed E-state index contributed by atoms with van der Waals surface area (Å²) in [4.78, 5) is 8.43. The Morgan fingerprint density at radius 1 is 1.40 bits per heavy atom. The quantitative estimate of drug-likeness (QED) is 0.712. The van der Waals surface area contributed by atoms with Crippen LogP contribution in [0.1, 0.15) is 22.8 Å². The van der Waals surface area contributed by atoms with Crippen LogP contribution in [0.15, 0.2) is 0 Å². The topological polar surface area (TPSA) is 85.9 Å². The molecular weight excluding hydrogens is 214 g/mol. The Bertz CT molecular complexity index is 496. The molecule has 0 unspecified atom stereocenters. The van der Waals surface area contributed by atoms with Crippen molar-refractivity contribution >= 4 is 9.84 Å². The van der Waals surface area contributed by atoms with E-state index in [4.69, 9.17) is 5.73 Å². The molecule has 5 nitrogen and oxygen atoms in total. The van der Waals surface area contributed by atoms with Crippen LogP contribution in [0.2, 0.25) is 0 Å². The molecule has 82 valence electrons. The highest BCUT2D eigenvalue weighted by atomic mass is 32.2. The fourth-order valence-electron chi connectivity index (χ4n) is 1.75. The molecule has 0 radical (unpaired) electrons. The van der Waals surface area contributed by atoms with Gasteiger partial charge in [0.05, 0.1) is 18.1 Å². The van der Waals surface area contributed by atoms with Gasteiger partial charge in [-0.1, -0.05) is 0 Å². The zero-order chi connectivity index (χ0) is 11.1. The largest absolute Gasteiger partial charge is 0.324 e. The lowest BCUT2D eigenvalue weighted by molar-refractivity contribution is 0.589. The molecule has 0 aliphatic carbocycles. The van der Waals surface area contributed by atoms with Gasteiger partial charge in [0.2, 0.25) is 0 Å². The monoisotopic (exact) mass is 227 g/mol. The minimum absolute atomic E-state index is 0.0685. The van der Waals surface area contributed by atoms with Crippen molar-refractivity contribution in [2.24, 2.45) is 5.73 Å². The molecule has 1 aromatic rings. The van der Waals surface area contributed by atoms with Gasteiger partial charge in [-0.15, -0.1) is 0 Å². The Balaban J connectivity index is 2.53. The van der Waals surface area contributed by atoms with Crippen LogP contribution in [-0.4, -0.2) is 24.1 Å². The minimum atomic E-state index is -2.95. The number of aryl methyl sites for hydroxylation is 2. The van der Waals surface area contributed by atoms with Gasteiger partial charge in [-0.3, -0.25) is 0 Å². The second kappa shape index (κ2) is 3.53. The number of hydrogen-bond donors (Lipinski definition) is 1. The summed E-state index contributed by atoms with van der Waals surface area (Å²) >= 11 is 0. The highest BCUT2D eigenvalue weighted by Gasteiger charge is 2.24. The summed E-state index contributed by atoms with van der Waals surface area (Å²) in [6, 6.07) is 0. The third-order valence-electron chi connectivity index (χ3n) is 2.54. The minimum Gasteiger partial charge on any atom is -0.324 e. The first-order valence-electron chi connectivity index (χ1n) is 4.77. The molecule has 0 atom stereocenters. The molecule has 0 fully saturated rings. The second-order valence-corrected chi connectivity index (χ2v) is 5.88. The molecule has 2 N–H and O–H groups in total. The fraction of sp³-hybridized carbons (Fsp3) is 0.556. The van der Waals surface area contributed by atoms with E-state index in [9.17, 15) is 8.42 Å². The maximum absolute atomic E-state index is 11.4. The van der Waals surface area contributed by atoms with Gasteiger partial charge in [-0.25, -0.2) is 18.4 Å². The molecule has 0 spiro atoms. The third-order valence-corrected chi connectivity index (χ3v) is 4.10. The van der Waals surface area contributed by atoms with Gasteiger partial charge < -0.3 is 5.73 Å². The molecule has 0 saturated heterocycles. The van der Waals surface area contributed by atoms with Gasteiger partial charge in [0.25, 0.3) is 0 Å². The van der Waals surface area contributed by atoms with Crippen LogP contribution in [0, 0.1) is 6.92 Å². The van der Waals surface area contributed by atoms with Gasteiger partial charge in [-0.2, -0.15) is 0 Å². The average molecular weight is 227 g/mol. The lowest BCUT2D eigenvalue weighted by Gasteiger charge is -2.17. The molecule has 0 aromatic carbocycles. The molecule has 0 saturated carbocycles. The van der Waals surface area contributed by atoms with Crippen molar-refractivity contribution in [3.05, 3.63) is 22.8 Å². The van der Waals surface area contributed by atoms with E-state index in [1.54, 1.807) is 6.92 Å². The number of aromatic nitrogens is 2. The average Bonchev–Trinajstić information content (AvgIpc) is 2.18. The molecular formula is C9H13N3O2S. The molecule has 0 amide bonds. The second-order valence-electron chi connectivity index (χ2n) is 3.70. The SMILES string of the molecule is Cc1nc(CN)nc2c1CS(=O)(=O)CC2. The van der Waals surface area contributed by atoms with Crippen molar-refractivity contribution in [1.82, 2.24) is 9.97 Å². The van der Waals surface area contributed by atoms with Gasteiger partial charge in [0.15, 0.2) is 9.84 Å². The third kappa shape index (κ3) is 2.00. The van der Waals surface area contributed by atoms with E-state index in [2.05, 4.69) is 9.97 Å². The van der Waals surface area contributed by atoms with Crippen LogP contribution in [0.5, 0.6) is 0 Å². The number of nitrogens with zero attached hydrogens (tertiary/aromatic N) is 2. The lowest BCUT2D eigenvalue weighted by Crippen LogP contribution is -2.23. The van der Waals surface area contributed by atoms with Crippen molar-refractivity contribution in [2.45, 2.75) is 25.6 Å². The van der Waals surface area contributed by atoms with Gasteiger partial charge in [0, 0.05) is 23.4 Å². The van der Waals surface area contributed by atoms with E-state index in [1.165, 1.54) is 0 Å². The Morgan fingerprint density at radius 2 is 2.13 bits per heavy atom. The van der Waals surface area contributed by atoms with Crippen molar-refractivity contribution in [3.8, 4) is 0 Å². The van der Waals surface area contributed by atoms with Crippen LogP contribution >= 0.6 is 0 Å². The zero-order valence-electron chi connectivity index (χ0n) is 8.52. The van der Waals surface area contributed by atoms with Crippen LogP contribution in [0.3, 0.4) is 0 Å². The van der Waals surface area contributed by atoms with E-state index >= 15 is 0 Å². The molecule has 2 heterocycles. The summed E-state index contributed by atoms with van der Waals surface area (Å²) in [6.45, 7) is 2.10. The zero-order valence-corrected chi connectivity index (χ0v) is 9.34. The number of rotatable bonds is 1. The predicted octanol–water partition coefficient (Wildman–Crippen LogP) is -0.285. The molecule has 2 rings (SSSR count). The first-order valence-corrected chi connectivity index (χ1v) is 6.60. The summed E-state index contributed by atoms with van der Waals surface area (Å²) in [5.74, 6) is 0.838. The molecule has 15 heavy (non-hydrogen) atoms. The summed E-state index contributed by atoms with van der Waals surface area (Å²) in [6.07, 6.45) is 0.480. The first kappa shape index (κ1) is 10.5. The van der Waals surface area contributed by atoms with E-state index in [0.29, 0.717) is 18.8 Å². The van der Waals surface area contributed by atoms with Gasteiger partial charge in [-0.05, 0) is 6.92 Å². The summed E-state index contributed by atoms with van der Waals surface area (Å²) in [7, 11) is -2.95. The van der Waals surface area contributed by atoms with Crippen molar-refractivity contribution in [3.63, 3.8) is 0 Å². The first-order chi connectivity index (χ1) is 7.02. The van der Waals surface area contributed by atoms with Crippen LogP contribution in [0.4, 0.5) is 0 Å². The van der Waals surface area contributed by atoms with Crippen LogP contribution in [0.25, 0.3) is 0 Å². The Labute approximate surface area is 88.7 Å². The Morgan fingerprint density at radius 3 is 2.80 bits per heavy atom. The normalized spacial score (nSPS) is 18.5. The molecule has 1 aromatic heterocycles. The van der Waals surface area contributed by atoms with E-state index in [-0.39, 0.29) is 11.5 Å². The molecule has 6 heteroatoms. The predicted molar refractivity (Wildman–Crippen MR) is 55.9 cm³/mol. The highest BCUT2D eigenvalue weighted by molar-refractivity contribution is 7.90. The Kier molecular flexibility index (Phi) is 2.47. The lowest BCUT2D eigenvalue weighted by atomic mass is 10.1. The number of hydrogen-bond acceptors (Lipinski definition) is 5. The smallest absolute Gasteiger partial charge is 0.154 e. The molecule has 0 bridgehead atoms. The number of sulfone groups is 1. The summed E-state index contributed by atoms with van der Waals surface area (Å²) in [5, 5.41) is 0. The maximum Gasteiger partial charge on any atom is 0.154 e. The summed E-state index contributed by atoms with van der Waals surface area (Å²) in [5.41, 5.74) is 7.81. The number of fused-ring (bicyclic) bond motifs is 1.